The van der Waals surface area contributed by atoms with Gasteiger partial charge in [0, 0.05) is 25.9 Å². The van der Waals surface area contributed by atoms with Gasteiger partial charge in [-0.1, -0.05) is 12.1 Å². The van der Waals surface area contributed by atoms with Gasteiger partial charge in [0.1, 0.15) is 0 Å². The highest BCUT2D eigenvalue weighted by molar-refractivity contribution is 5.94. The molecule has 1 aromatic carbocycles. The van der Waals surface area contributed by atoms with Crippen LogP contribution in [0.4, 0.5) is 5.69 Å². The number of hydrogen-bond acceptors (Lipinski definition) is 3. The molecule has 5 heteroatoms. The fourth-order valence-electron chi connectivity index (χ4n) is 1.54. The Bertz CT molecular complexity index is 404. The minimum atomic E-state index is 0.569. The highest BCUT2D eigenvalue weighted by Gasteiger charge is 2.02. The number of anilines is 1. The smallest absolute Gasteiger partial charge is 0.210 e. The summed E-state index contributed by atoms with van der Waals surface area (Å²) in [7, 11) is 1.68. The molecule has 1 aromatic rings. The van der Waals surface area contributed by atoms with Gasteiger partial charge < -0.3 is 10.1 Å². The molecule has 0 spiro atoms. The van der Waals surface area contributed by atoms with E-state index in [1.54, 1.807) is 7.11 Å². The second-order valence-corrected chi connectivity index (χ2v) is 4.09. The highest BCUT2D eigenvalue weighted by Crippen LogP contribution is 2.17. The number of rotatable bonds is 5. The molecule has 0 radical (unpaired) electrons. The number of methoxy groups -OCH3 is 1. The van der Waals surface area contributed by atoms with Gasteiger partial charge in [-0.25, -0.2) is 5.84 Å². The molecule has 0 aliphatic heterocycles. The van der Waals surface area contributed by atoms with Crippen LogP contribution >= 0.6 is 0 Å². The number of guanidine groups is 1. The number of hydrazine groups is 1. The number of hydrogen-bond donors (Lipinski definition) is 3. The molecule has 0 bridgehead atoms. The maximum absolute atomic E-state index is 5.45. The van der Waals surface area contributed by atoms with Crippen molar-refractivity contribution in [1.82, 2.24) is 5.43 Å². The molecule has 0 saturated heterocycles. The third kappa shape index (κ3) is 4.35. The monoisotopic (exact) mass is 250 g/mol. The van der Waals surface area contributed by atoms with Gasteiger partial charge in [-0.15, -0.1) is 0 Å². The molecule has 100 valence electrons. The lowest BCUT2D eigenvalue weighted by Gasteiger charge is -2.13. The van der Waals surface area contributed by atoms with Crippen molar-refractivity contribution in [2.75, 3.05) is 25.6 Å². The first kappa shape index (κ1) is 14.5. The average molecular weight is 250 g/mol. The third-order valence-electron chi connectivity index (χ3n) is 2.77. The lowest BCUT2D eigenvalue weighted by molar-refractivity contribution is 0.197. The fraction of sp³-hybridized carbons (Fsp3) is 0.462. The SMILES string of the molecule is COCCCN=C(NN)Nc1cccc(C)c1C. The van der Waals surface area contributed by atoms with E-state index in [0.29, 0.717) is 19.1 Å². The van der Waals surface area contributed by atoms with Gasteiger partial charge in [0.05, 0.1) is 0 Å². The van der Waals surface area contributed by atoms with E-state index in [4.69, 9.17) is 10.6 Å². The number of nitrogens with zero attached hydrogens (tertiary/aromatic N) is 1. The van der Waals surface area contributed by atoms with Gasteiger partial charge in [0.2, 0.25) is 5.96 Å². The predicted molar refractivity (Wildman–Crippen MR) is 75.7 cm³/mol. The van der Waals surface area contributed by atoms with Gasteiger partial charge in [-0.05, 0) is 37.5 Å². The van der Waals surface area contributed by atoms with Crippen LogP contribution in [-0.2, 0) is 4.74 Å². The van der Waals surface area contributed by atoms with Crippen LogP contribution in [0.25, 0.3) is 0 Å². The maximum atomic E-state index is 5.45. The summed E-state index contributed by atoms with van der Waals surface area (Å²) in [5.74, 6) is 6.02. The second-order valence-electron chi connectivity index (χ2n) is 4.09. The normalized spacial score (nSPS) is 11.4. The van der Waals surface area contributed by atoms with Crippen LogP contribution in [0.1, 0.15) is 17.5 Å². The molecule has 0 aliphatic carbocycles. The summed E-state index contributed by atoms with van der Waals surface area (Å²) in [6.45, 7) is 5.51. The van der Waals surface area contributed by atoms with Crippen molar-refractivity contribution in [2.45, 2.75) is 20.3 Å². The Balaban J connectivity index is 2.65. The van der Waals surface area contributed by atoms with Crippen LogP contribution in [-0.4, -0.2) is 26.2 Å². The largest absolute Gasteiger partial charge is 0.385 e. The molecule has 1 rings (SSSR count). The first-order valence-electron chi connectivity index (χ1n) is 6.02. The molecule has 18 heavy (non-hydrogen) atoms. The second kappa shape index (κ2) is 7.68. The van der Waals surface area contributed by atoms with E-state index in [1.807, 2.05) is 12.1 Å². The van der Waals surface area contributed by atoms with Gasteiger partial charge in [0.25, 0.3) is 0 Å². The summed E-state index contributed by atoms with van der Waals surface area (Å²) in [6, 6.07) is 6.08. The Morgan fingerprint density at radius 3 is 2.83 bits per heavy atom. The van der Waals surface area contributed by atoms with Crippen LogP contribution in [0.3, 0.4) is 0 Å². The zero-order valence-electron chi connectivity index (χ0n) is 11.3. The average Bonchev–Trinajstić information content (AvgIpc) is 2.38. The molecule has 0 unspecified atom stereocenters. The molecule has 0 aromatic heterocycles. The van der Waals surface area contributed by atoms with E-state index in [2.05, 4.69) is 35.6 Å². The first-order valence-corrected chi connectivity index (χ1v) is 6.02. The molecule has 0 heterocycles. The zero-order valence-corrected chi connectivity index (χ0v) is 11.3. The Morgan fingerprint density at radius 2 is 2.17 bits per heavy atom. The number of benzene rings is 1. The van der Waals surface area contributed by atoms with Crippen molar-refractivity contribution in [2.24, 2.45) is 10.8 Å². The van der Waals surface area contributed by atoms with E-state index in [9.17, 15) is 0 Å². The number of nitrogens with one attached hydrogen (secondary N) is 2. The van der Waals surface area contributed by atoms with Crippen molar-refractivity contribution < 1.29 is 4.74 Å². The summed E-state index contributed by atoms with van der Waals surface area (Å²) in [5, 5.41) is 3.19. The number of aliphatic imine (C=N–C) groups is 1. The molecule has 0 atom stereocenters. The van der Waals surface area contributed by atoms with E-state index in [1.165, 1.54) is 11.1 Å². The molecular weight excluding hydrogens is 228 g/mol. The summed E-state index contributed by atoms with van der Waals surface area (Å²) in [6.07, 6.45) is 0.871. The summed E-state index contributed by atoms with van der Waals surface area (Å²) < 4.78 is 4.97. The minimum absolute atomic E-state index is 0.569. The Hall–Kier alpha value is -1.59. The van der Waals surface area contributed by atoms with Crippen molar-refractivity contribution in [1.29, 1.82) is 0 Å². The van der Waals surface area contributed by atoms with Gasteiger partial charge >= 0.3 is 0 Å². The van der Waals surface area contributed by atoms with Crippen LogP contribution < -0.4 is 16.6 Å². The van der Waals surface area contributed by atoms with Gasteiger partial charge in [-0.2, -0.15) is 0 Å². The number of aryl methyl sites for hydroxylation is 1. The van der Waals surface area contributed by atoms with Gasteiger partial charge in [-0.3, -0.25) is 10.4 Å². The molecule has 0 saturated carbocycles. The van der Waals surface area contributed by atoms with Crippen molar-refractivity contribution in [3.63, 3.8) is 0 Å². The predicted octanol–water partition coefficient (Wildman–Crippen LogP) is 1.57. The van der Waals surface area contributed by atoms with Gasteiger partial charge in [0.15, 0.2) is 0 Å². The van der Waals surface area contributed by atoms with E-state index in [0.717, 1.165) is 12.1 Å². The lowest BCUT2D eigenvalue weighted by Crippen LogP contribution is -2.36. The molecular formula is C13H22N4O. The molecule has 5 nitrogen and oxygen atoms in total. The minimum Gasteiger partial charge on any atom is -0.385 e. The van der Waals surface area contributed by atoms with Crippen molar-refractivity contribution in [3.8, 4) is 0 Å². The summed E-state index contributed by atoms with van der Waals surface area (Å²) in [4.78, 5) is 4.34. The number of nitrogens with two attached hydrogens (primary N) is 1. The lowest BCUT2D eigenvalue weighted by atomic mass is 10.1. The standard InChI is InChI=1S/C13H22N4O/c1-10-6-4-7-12(11(10)2)16-13(17-14)15-8-5-9-18-3/h4,6-7H,5,8-9,14H2,1-3H3,(H2,15,16,17). The molecule has 0 aliphatic rings. The number of ether oxygens (including phenoxy) is 1. The maximum Gasteiger partial charge on any atom is 0.210 e. The Morgan fingerprint density at radius 1 is 1.39 bits per heavy atom. The topological polar surface area (TPSA) is 71.7 Å². The van der Waals surface area contributed by atoms with Crippen molar-refractivity contribution >= 4 is 11.6 Å². The highest BCUT2D eigenvalue weighted by atomic mass is 16.5. The Labute approximate surface area is 108 Å². The molecule has 0 fully saturated rings. The quantitative estimate of drug-likeness (QED) is 0.244. The summed E-state index contributed by atoms with van der Waals surface area (Å²) in [5.41, 5.74) is 6.01. The van der Waals surface area contributed by atoms with E-state index in [-0.39, 0.29) is 0 Å². The first-order chi connectivity index (χ1) is 8.69. The Kier molecular flexibility index (Phi) is 6.18. The summed E-state index contributed by atoms with van der Waals surface area (Å²) >= 11 is 0. The van der Waals surface area contributed by atoms with Crippen LogP contribution in [0.5, 0.6) is 0 Å². The van der Waals surface area contributed by atoms with E-state index >= 15 is 0 Å². The molecule has 4 N–H and O–H groups in total. The zero-order chi connectivity index (χ0) is 13.4. The molecule has 0 amide bonds. The third-order valence-corrected chi connectivity index (χ3v) is 2.77. The van der Waals surface area contributed by atoms with Crippen molar-refractivity contribution in [3.05, 3.63) is 29.3 Å². The van der Waals surface area contributed by atoms with E-state index < -0.39 is 0 Å². The fourth-order valence-corrected chi connectivity index (χ4v) is 1.54. The van der Waals surface area contributed by atoms with Crippen LogP contribution in [0.15, 0.2) is 23.2 Å². The van der Waals surface area contributed by atoms with Crippen LogP contribution in [0.2, 0.25) is 0 Å². The van der Waals surface area contributed by atoms with Crippen LogP contribution in [0, 0.1) is 13.8 Å².